The van der Waals surface area contributed by atoms with Gasteiger partial charge in [0.25, 0.3) is 0 Å². The van der Waals surface area contributed by atoms with Crippen LogP contribution in [0.15, 0.2) is 24.3 Å². The normalized spacial score (nSPS) is 12.0. The van der Waals surface area contributed by atoms with E-state index in [2.05, 4.69) is 0 Å². The van der Waals surface area contributed by atoms with Gasteiger partial charge in [0.15, 0.2) is 0 Å². The molecule has 1 atom stereocenters. The van der Waals surface area contributed by atoms with Crippen molar-refractivity contribution in [3.63, 3.8) is 0 Å². The van der Waals surface area contributed by atoms with Crippen LogP contribution in [0.4, 0.5) is 0 Å². The summed E-state index contributed by atoms with van der Waals surface area (Å²) in [6.07, 6.45) is 0.375. The lowest BCUT2D eigenvalue weighted by molar-refractivity contribution is -0.129. The molecule has 1 amide bonds. The van der Waals surface area contributed by atoms with E-state index < -0.39 is 0 Å². The standard InChI is InChI=1S/C13H20N2O2/c1-10(14)11-6-4-5-7-12(11)17-9-8-13(16)15(2)3/h4-7,10H,8-9,14H2,1-3H3/t10-/m0/s1. The van der Waals surface area contributed by atoms with E-state index >= 15 is 0 Å². The van der Waals surface area contributed by atoms with Gasteiger partial charge in [0.05, 0.1) is 13.0 Å². The van der Waals surface area contributed by atoms with Crippen LogP contribution in [-0.2, 0) is 4.79 Å². The zero-order valence-corrected chi connectivity index (χ0v) is 10.6. The van der Waals surface area contributed by atoms with Gasteiger partial charge in [-0.05, 0) is 13.0 Å². The molecule has 0 spiro atoms. The van der Waals surface area contributed by atoms with Crippen molar-refractivity contribution in [2.75, 3.05) is 20.7 Å². The van der Waals surface area contributed by atoms with Gasteiger partial charge in [0.1, 0.15) is 5.75 Å². The van der Waals surface area contributed by atoms with Gasteiger partial charge in [-0.2, -0.15) is 0 Å². The molecule has 0 saturated carbocycles. The first-order chi connectivity index (χ1) is 8.02. The Morgan fingerprint density at radius 1 is 1.41 bits per heavy atom. The van der Waals surface area contributed by atoms with Crippen LogP contribution in [0, 0.1) is 0 Å². The van der Waals surface area contributed by atoms with Crippen LogP contribution in [0.5, 0.6) is 5.75 Å². The Kier molecular flexibility index (Phi) is 4.97. The van der Waals surface area contributed by atoms with Crippen LogP contribution in [0.2, 0.25) is 0 Å². The van der Waals surface area contributed by atoms with Crippen molar-refractivity contribution in [1.82, 2.24) is 4.90 Å². The van der Waals surface area contributed by atoms with Crippen LogP contribution in [-0.4, -0.2) is 31.5 Å². The molecule has 0 fully saturated rings. The molecule has 1 rings (SSSR count). The van der Waals surface area contributed by atoms with Gasteiger partial charge in [-0.1, -0.05) is 18.2 Å². The second kappa shape index (κ2) is 6.25. The lowest BCUT2D eigenvalue weighted by atomic mass is 10.1. The Morgan fingerprint density at radius 2 is 2.06 bits per heavy atom. The van der Waals surface area contributed by atoms with Gasteiger partial charge in [0, 0.05) is 25.7 Å². The largest absolute Gasteiger partial charge is 0.493 e. The minimum Gasteiger partial charge on any atom is -0.493 e. The smallest absolute Gasteiger partial charge is 0.225 e. The predicted octanol–water partition coefficient (Wildman–Crippen LogP) is 1.56. The summed E-state index contributed by atoms with van der Waals surface area (Å²) in [4.78, 5) is 12.9. The first-order valence-corrected chi connectivity index (χ1v) is 5.70. The molecule has 0 aliphatic carbocycles. The van der Waals surface area contributed by atoms with E-state index in [0.717, 1.165) is 11.3 Å². The second-order valence-electron chi connectivity index (χ2n) is 4.21. The Bertz CT molecular complexity index is 375. The molecule has 0 heterocycles. The Morgan fingerprint density at radius 3 is 2.65 bits per heavy atom. The van der Waals surface area contributed by atoms with Gasteiger partial charge < -0.3 is 15.4 Å². The van der Waals surface area contributed by atoms with Gasteiger partial charge >= 0.3 is 0 Å². The summed E-state index contributed by atoms with van der Waals surface area (Å²) < 4.78 is 5.59. The Labute approximate surface area is 102 Å². The van der Waals surface area contributed by atoms with E-state index in [9.17, 15) is 4.79 Å². The highest BCUT2D eigenvalue weighted by Gasteiger charge is 2.08. The first kappa shape index (κ1) is 13.5. The third kappa shape index (κ3) is 4.07. The Hall–Kier alpha value is -1.55. The number of hydrogen-bond acceptors (Lipinski definition) is 3. The minimum atomic E-state index is -0.0734. The molecule has 94 valence electrons. The maximum atomic E-state index is 11.4. The van der Waals surface area contributed by atoms with E-state index in [0.29, 0.717) is 13.0 Å². The molecule has 17 heavy (non-hydrogen) atoms. The molecule has 1 aromatic carbocycles. The molecule has 0 aliphatic heterocycles. The van der Waals surface area contributed by atoms with Crippen molar-refractivity contribution in [1.29, 1.82) is 0 Å². The fraction of sp³-hybridized carbons (Fsp3) is 0.462. The maximum Gasteiger partial charge on any atom is 0.225 e. The number of para-hydroxylation sites is 1. The lowest BCUT2D eigenvalue weighted by Crippen LogP contribution is -2.23. The summed E-state index contributed by atoms with van der Waals surface area (Å²) in [7, 11) is 3.47. The number of hydrogen-bond donors (Lipinski definition) is 1. The first-order valence-electron chi connectivity index (χ1n) is 5.70. The molecule has 0 bridgehead atoms. The fourth-order valence-electron chi connectivity index (χ4n) is 1.46. The quantitative estimate of drug-likeness (QED) is 0.844. The molecular weight excluding hydrogens is 216 g/mol. The number of rotatable bonds is 5. The molecule has 0 saturated heterocycles. The molecule has 0 aromatic heterocycles. The van der Waals surface area contributed by atoms with Crippen molar-refractivity contribution < 1.29 is 9.53 Å². The molecule has 2 N–H and O–H groups in total. The monoisotopic (exact) mass is 236 g/mol. The molecule has 1 aromatic rings. The highest BCUT2D eigenvalue weighted by Crippen LogP contribution is 2.23. The number of carbonyl (C=O) groups is 1. The van der Waals surface area contributed by atoms with E-state index in [1.165, 1.54) is 0 Å². The third-order valence-electron chi connectivity index (χ3n) is 2.48. The van der Waals surface area contributed by atoms with E-state index in [1.807, 2.05) is 31.2 Å². The van der Waals surface area contributed by atoms with Crippen LogP contribution in [0.1, 0.15) is 24.9 Å². The van der Waals surface area contributed by atoms with Gasteiger partial charge in [-0.15, -0.1) is 0 Å². The van der Waals surface area contributed by atoms with Crippen LogP contribution < -0.4 is 10.5 Å². The molecule has 0 radical (unpaired) electrons. The number of nitrogens with two attached hydrogens (primary N) is 1. The molecule has 4 nitrogen and oxygen atoms in total. The number of amides is 1. The highest BCUT2D eigenvalue weighted by atomic mass is 16.5. The summed E-state index contributed by atoms with van der Waals surface area (Å²) in [5, 5.41) is 0. The lowest BCUT2D eigenvalue weighted by Gasteiger charge is -2.14. The van der Waals surface area contributed by atoms with Crippen LogP contribution in [0.3, 0.4) is 0 Å². The van der Waals surface area contributed by atoms with Crippen LogP contribution >= 0.6 is 0 Å². The number of nitrogens with zero attached hydrogens (tertiary/aromatic N) is 1. The topological polar surface area (TPSA) is 55.6 Å². The molecule has 4 heteroatoms. The number of carbonyl (C=O) groups excluding carboxylic acids is 1. The zero-order chi connectivity index (χ0) is 12.8. The summed E-state index contributed by atoms with van der Waals surface area (Å²) in [5.41, 5.74) is 6.80. The van der Waals surface area contributed by atoms with Crippen molar-refractivity contribution >= 4 is 5.91 Å². The second-order valence-corrected chi connectivity index (χ2v) is 4.21. The van der Waals surface area contributed by atoms with Crippen molar-refractivity contribution in [3.8, 4) is 5.75 Å². The van der Waals surface area contributed by atoms with E-state index in [-0.39, 0.29) is 11.9 Å². The molecule has 0 unspecified atom stereocenters. The minimum absolute atomic E-state index is 0.0586. The SMILES string of the molecule is C[C@H](N)c1ccccc1OCCC(=O)N(C)C. The molecule has 0 aliphatic rings. The van der Waals surface area contributed by atoms with Crippen molar-refractivity contribution in [2.24, 2.45) is 5.73 Å². The van der Waals surface area contributed by atoms with Crippen LogP contribution in [0.25, 0.3) is 0 Å². The zero-order valence-electron chi connectivity index (χ0n) is 10.6. The highest BCUT2D eigenvalue weighted by molar-refractivity contribution is 5.75. The average molecular weight is 236 g/mol. The predicted molar refractivity (Wildman–Crippen MR) is 67.9 cm³/mol. The summed E-state index contributed by atoms with van der Waals surface area (Å²) >= 11 is 0. The summed E-state index contributed by atoms with van der Waals surface area (Å²) in [6.45, 7) is 2.29. The number of ether oxygens (including phenoxy) is 1. The van der Waals surface area contributed by atoms with Crippen molar-refractivity contribution in [2.45, 2.75) is 19.4 Å². The summed E-state index contributed by atoms with van der Waals surface area (Å²) in [5.74, 6) is 0.817. The van der Waals surface area contributed by atoms with Gasteiger partial charge in [0.2, 0.25) is 5.91 Å². The van der Waals surface area contributed by atoms with Gasteiger partial charge in [-0.3, -0.25) is 4.79 Å². The van der Waals surface area contributed by atoms with Gasteiger partial charge in [-0.25, -0.2) is 0 Å². The average Bonchev–Trinajstić information content (AvgIpc) is 2.29. The summed E-state index contributed by atoms with van der Waals surface area (Å²) in [6, 6.07) is 7.56. The number of benzene rings is 1. The van der Waals surface area contributed by atoms with Crippen molar-refractivity contribution in [3.05, 3.63) is 29.8 Å². The fourth-order valence-corrected chi connectivity index (χ4v) is 1.46. The van der Waals surface area contributed by atoms with E-state index in [1.54, 1.807) is 19.0 Å². The van der Waals surface area contributed by atoms with E-state index in [4.69, 9.17) is 10.5 Å². The maximum absolute atomic E-state index is 11.4. The third-order valence-corrected chi connectivity index (χ3v) is 2.48. The molecular formula is C13H20N2O2. The Balaban J connectivity index is 2.55.